The fourth-order valence-electron chi connectivity index (χ4n) is 4.12. The van der Waals surface area contributed by atoms with E-state index in [9.17, 15) is 28.8 Å². The molecule has 28 heavy (non-hydrogen) atoms. The van der Waals surface area contributed by atoms with Crippen LogP contribution in [0.4, 0.5) is 0 Å². The first kappa shape index (κ1) is 21.5. The summed E-state index contributed by atoms with van der Waals surface area (Å²) in [4.78, 5) is 73.2. The molecular weight excluding hydrogens is 376 g/mol. The third-order valence-corrected chi connectivity index (χ3v) is 5.38. The van der Waals surface area contributed by atoms with Gasteiger partial charge in [-0.2, -0.15) is 0 Å². The zero-order chi connectivity index (χ0) is 21.0. The summed E-state index contributed by atoms with van der Waals surface area (Å²) in [6.07, 6.45) is -0.948. The van der Waals surface area contributed by atoms with Gasteiger partial charge in [-0.15, -0.1) is 0 Å². The van der Waals surface area contributed by atoms with E-state index in [1.54, 1.807) is 0 Å². The molecule has 0 N–H and O–H groups in total. The molecule has 1 aliphatic heterocycles. The van der Waals surface area contributed by atoms with Crippen molar-refractivity contribution in [2.45, 2.75) is 25.4 Å². The molecule has 0 bridgehead atoms. The van der Waals surface area contributed by atoms with Crippen LogP contribution in [0.2, 0.25) is 0 Å². The van der Waals surface area contributed by atoms with Crippen LogP contribution in [0.15, 0.2) is 0 Å². The van der Waals surface area contributed by atoms with Crippen LogP contribution in [-0.2, 0) is 47.7 Å². The molecule has 0 aromatic carbocycles. The van der Waals surface area contributed by atoms with E-state index >= 15 is 0 Å². The largest absolute Gasteiger partial charge is 0.469 e. The van der Waals surface area contributed by atoms with E-state index in [4.69, 9.17) is 14.2 Å². The van der Waals surface area contributed by atoms with Crippen LogP contribution in [0, 0.1) is 29.6 Å². The van der Waals surface area contributed by atoms with E-state index in [0.29, 0.717) is 6.29 Å². The van der Waals surface area contributed by atoms with Crippen molar-refractivity contribution < 1.29 is 47.7 Å². The van der Waals surface area contributed by atoms with Crippen molar-refractivity contribution >= 4 is 35.9 Å². The van der Waals surface area contributed by atoms with Gasteiger partial charge in [-0.3, -0.25) is 24.0 Å². The highest BCUT2D eigenvalue weighted by Crippen LogP contribution is 2.46. The topological polar surface area (TPSA) is 139 Å². The Hall–Kier alpha value is -2.78. The highest BCUT2D eigenvalue weighted by Gasteiger charge is 2.61. The van der Waals surface area contributed by atoms with Gasteiger partial charge in [0.1, 0.15) is 24.1 Å². The van der Waals surface area contributed by atoms with Crippen molar-refractivity contribution in [3.63, 3.8) is 0 Å². The van der Waals surface area contributed by atoms with E-state index in [1.165, 1.54) is 0 Å². The van der Waals surface area contributed by atoms with Gasteiger partial charge >= 0.3 is 23.9 Å². The van der Waals surface area contributed by atoms with Crippen LogP contribution < -0.4 is 0 Å². The first-order valence-electron chi connectivity index (χ1n) is 8.72. The first-order valence-corrected chi connectivity index (χ1v) is 8.72. The third-order valence-electron chi connectivity index (χ3n) is 5.38. The number of hydrogen-bond donors (Lipinski definition) is 0. The second kappa shape index (κ2) is 8.94. The first-order chi connectivity index (χ1) is 13.3. The Balaban J connectivity index is 2.58. The smallest absolute Gasteiger partial charge is 0.321 e. The highest BCUT2D eigenvalue weighted by atomic mass is 16.6. The second-order valence-electron chi connectivity index (χ2n) is 6.69. The number of carbonyl (C=O) groups excluding carboxylic acids is 6. The minimum absolute atomic E-state index is 0.00582. The summed E-state index contributed by atoms with van der Waals surface area (Å²) in [5.74, 6) is -10.1. The Labute approximate surface area is 160 Å². The molecule has 154 valence electrons. The molecule has 6 atom stereocenters. The molecule has 2 unspecified atom stereocenters. The maximum Gasteiger partial charge on any atom is 0.321 e. The Morgan fingerprint density at radius 3 is 2.11 bits per heavy atom. The van der Waals surface area contributed by atoms with Gasteiger partial charge in [-0.05, 0) is 6.42 Å². The van der Waals surface area contributed by atoms with Crippen molar-refractivity contribution in [3.05, 3.63) is 0 Å². The van der Waals surface area contributed by atoms with E-state index in [0.717, 1.165) is 21.3 Å². The van der Waals surface area contributed by atoms with Crippen molar-refractivity contribution in [3.8, 4) is 0 Å². The van der Waals surface area contributed by atoms with Crippen molar-refractivity contribution in [1.82, 2.24) is 0 Å². The van der Waals surface area contributed by atoms with Crippen molar-refractivity contribution in [2.75, 3.05) is 21.3 Å². The molecule has 10 heteroatoms. The molecule has 1 heterocycles. The molecule has 1 aliphatic carbocycles. The Morgan fingerprint density at radius 1 is 1.00 bits per heavy atom. The molecule has 1 saturated carbocycles. The number of carbonyl (C=O) groups is 6. The summed E-state index contributed by atoms with van der Waals surface area (Å²) in [6, 6.07) is 0. The lowest BCUT2D eigenvalue weighted by Gasteiger charge is -2.29. The Kier molecular flexibility index (Phi) is 6.87. The Bertz CT molecular complexity index is 684. The predicted octanol–water partition coefficient (Wildman–Crippen LogP) is -0.536. The number of rotatable bonds is 6. The number of ketones is 1. The fourth-order valence-corrected chi connectivity index (χ4v) is 4.12. The van der Waals surface area contributed by atoms with Gasteiger partial charge in [0, 0.05) is 24.7 Å². The molecule has 0 spiro atoms. The average Bonchev–Trinajstić information content (AvgIpc) is 2.94. The van der Waals surface area contributed by atoms with E-state index in [1.807, 2.05) is 0 Å². The molecule has 2 rings (SSSR count). The second-order valence-corrected chi connectivity index (χ2v) is 6.69. The van der Waals surface area contributed by atoms with Gasteiger partial charge in [0.05, 0.1) is 27.2 Å². The minimum Gasteiger partial charge on any atom is -0.469 e. The zero-order valence-electron chi connectivity index (χ0n) is 15.7. The molecule has 0 radical (unpaired) electrons. The lowest BCUT2D eigenvalue weighted by molar-refractivity contribution is -0.169. The predicted molar refractivity (Wildman–Crippen MR) is 88.3 cm³/mol. The van der Waals surface area contributed by atoms with Crippen molar-refractivity contribution in [2.24, 2.45) is 29.6 Å². The number of hydrogen-bond acceptors (Lipinski definition) is 10. The number of methoxy groups -OCH3 is 3. The summed E-state index contributed by atoms with van der Waals surface area (Å²) < 4.78 is 19.5. The van der Waals surface area contributed by atoms with E-state index in [2.05, 4.69) is 4.74 Å². The lowest BCUT2D eigenvalue weighted by atomic mass is 9.76. The summed E-state index contributed by atoms with van der Waals surface area (Å²) in [5, 5.41) is 0. The number of Topliss-reactive ketones (excluding diaryl/α,β-unsaturated/α-hetero) is 1. The maximum atomic E-state index is 12.9. The maximum absolute atomic E-state index is 12.9. The molecule has 2 fully saturated rings. The number of esters is 4. The van der Waals surface area contributed by atoms with Gasteiger partial charge in [0.25, 0.3) is 0 Å². The van der Waals surface area contributed by atoms with Crippen molar-refractivity contribution in [1.29, 1.82) is 0 Å². The monoisotopic (exact) mass is 398 g/mol. The molecule has 0 aromatic heterocycles. The van der Waals surface area contributed by atoms with Crippen LogP contribution in [0.25, 0.3) is 0 Å². The van der Waals surface area contributed by atoms with Gasteiger partial charge in [0.2, 0.25) is 0 Å². The fraction of sp³-hybridized carbons (Fsp3) is 0.667. The molecular formula is C18H22O10. The van der Waals surface area contributed by atoms with Gasteiger partial charge < -0.3 is 23.7 Å². The van der Waals surface area contributed by atoms with Crippen LogP contribution in [-0.4, -0.2) is 63.4 Å². The normalized spacial score (nSPS) is 31.8. The van der Waals surface area contributed by atoms with E-state index < -0.39 is 65.4 Å². The summed E-state index contributed by atoms with van der Waals surface area (Å²) in [7, 11) is 3.27. The summed E-state index contributed by atoms with van der Waals surface area (Å²) >= 11 is 0. The standard InChI is InChI=1S/C18H22O10/c1-25-15(21)11-8(5-4-6-19)10(20)7-9-12(16(22)26-2)18(24)28-14(9)13(11)17(23)27-3/h6,8-9,11-14H,4-5,7H2,1-3H3/t8?,9-,11+,12?,13-,14+/m1/s1. The Morgan fingerprint density at radius 2 is 1.57 bits per heavy atom. The minimum atomic E-state index is -1.39. The van der Waals surface area contributed by atoms with Crippen LogP contribution in [0.1, 0.15) is 19.3 Å². The van der Waals surface area contributed by atoms with Gasteiger partial charge in [0.15, 0.2) is 5.92 Å². The van der Waals surface area contributed by atoms with Crippen LogP contribution >= 0.6 is 0 Å². The van der Waals surface area contributed by atoms with Gasteiger partial charge in [-0.1, -0.05) is 0 Å². The van der Waals surface area contributed by atoms with E-state index in [-0.39, 0.29) is 19.3 Å². The number of aldehydes is 1. The third kappa shape index (κ3) is 3.76. The zero-order valence-corrected chi connectivity index (χ0v) is 15.7. The van der Waals surface area contributed by atoms with Gasteiger partial charge in [-0.25, -0.2) is 0 Å². The average molecular weight is 398 g/mol. The molecule has 10 nitrogen and oxygen atoms in total. The number of fused-ring (bicyclic) bond motifs is 1. The molecule has 1 saturated heterocycles. The molecule has 0 aromatic rings. The SMILES string of the molecule is COC(=O)C1C(=O)O[C@@H]2[C@H](C(=O)OC)[C@@H](C(=O)OC)C(CCC=O)C(=O)C[C@H]12. The highest BCUT2D eigenvalue weighted by molar-refractivity contribution is 5.99. The van der Waals surface area contributed by atoms with Crippen LogP contribution in [0.5, 0.6) is 0 Å². The summed E-state index contributed by atoms with van der Waals surface area (Å²) in [6.45, 7) is 0. The number of ether oxygens (including phenoxy) is 4. The molecule has 0 amide bonds. The van der Waals surface area contributed by atoms with Crippen LogP contribution in [0.3, 0.4) is 0 Å². The summed E-state index contributed by atoms with van der Waals surface area (Å²) in [5.41, 5.74) is 0. The quantitative estimate of drug-likeness (QED) is 0.248. The molecule has 2 aliphatic rings. The lowest BCUT2D eigenvalue weighted by Crippen LogP contribution is -2.44.